The molecule has 1 aliphatic heterocycles. The van der Waals surface area contributed by atoms with Gasteiger partial charge in [0.05, 0.1) is 0 Å². The number of ether oxygens (including phenoxy) is 1. The van der Waals surface area contributed by atoms with Gasteiger partial charge in [-0.05, 0) is 65.5 Å². The first-order valence-electron chi connectivity index (χ1n) is 10.2. The van der Waals surface area contributed by atoms with Crippen LogP contribution in [0.4, 0.5) is 9.93 Å². The molecule has 0 aromatic carbocycles. The Balaban J connectivity index is 1.94. The number of rotatable bonds is 8. The average Bonchev–Trinajstić information content (AvgIpc) is 3.06. The van der Waals surface area contributed by atoms with Crippen molar-refractivity contribution in [3.8, 4) is 0 Å². The van der Waals surface area contributed by atoms with Crippen LogP contribution >= 0.6 is 23.1 Å². The van der Waals surface area contributed by atoms with Gasteiger partial charge in [0.2, 0.25) is 5.91 Å². The van der Waals surface area contributed by atoms with Crippen LogP contribution < -0.4 is 10.6 Å². The maximum Gasteiger partial charge on any atom is 0.408 e. The van der Waals surface area contributed by atoms with Gasteiger partial charge < -0.3 is 15.4 Å². The molecule has 9 heteroatoms. The highest BCUT2D eigenvalue weighted by Gasteiger charge is 2.25. The van der Waals surface area contributed by atoms with E-state index in [9.17, 15) is 9.59 Å². The number of alkyl carbamates (subject to hydrolysis) is 1. The van der Waals surface area contributed by atoms with Crippen molar-refractivity contribution in [2.24, 2.45) is 0 Å². The molecule has 0 bridgehead atoms. The zero-order valence-electron chi connectivity index (χ0n) is 18.1. The molecule has 2 N–H and O–H groups in total. The number of carbonyl (C=O) groups excluding carboxylic acids is 2. The first-order chi connectivity index (χ1) is 13.7. The Kier molecular flexibility index (Phi) is 9.23. The molecule has 2 unspecified atom stereocenters. The number of carbonyl (C=O) groups is 2. The smallest absolute Gasteiger partial charge is 0.408 e. The van der Waals surface area contributed by atoms with Gasteiger partial charge in [-0.3, -0.25) is 9.69 Å². The molecule has 2 rings (SSSR count). The van der Waals surface area contributed by atoms with Crippen LogP contribution in [-0.4, -0.2) is 58.1 Å². The summed E-state index contributed by atoms with van der Waals surface area (Å²) in [4.78, 5) is 32.8. The van der Waals surface area contributed by atoms with Gasteiger partial charge in [0.1, 0.15) is 11.6 Å². The largest absolute Gasteiger partial charge is 0.444 e. The number of nitrogens with zero attached hydrogens (tertiary/aromatic N) is 2. The molecule has 0 aliphatic carbocycles. The lowest BCUT2D eigenvalue weighted by atomic mass is 10.0. The lowest BCUT2D eigenvalue weighted by Crippen LogP contribution is -2.46. The van der Waals surface area contributed by atoms with E-state index in [-0.39, 0.29) is 5.91 Å². The summed E-state index contributed by atoms with van der Waals surface area (Å²) in [7, 11) is 0. The van der Waals surface area contributed by atoms with Gasteiger partial charge in [-0.2, -0.15) is 11.8 Å². The van der Waals surface area contributed by atoms with Crippen molar-refractivity contribution in [3.05, 3.63) is 11.1 Å². The molecular weight excluding hydrogens is 408 g/mol. The number of anilines is 1. The van der Waals surface area contributed by atoms with Crippen LogP contribution in [0.1, 0.15) is 58.3 Å². The standard InChI is InChI=1S/C20H34N4O3S2/c1-14-8-6-7-10-24(14)13-15-12-21-18(29-15)23-17(25)16(9-11-28-5)22-19(26)27-20(2,3)4/h12,14,16H,6-11,13H2,1-5H3,(H,22,26)(H,21,23,25). The number of hydrogen-bond donors (Lipinski definition) is 2. The third-order valence-electron chi connectivity index (χ3n) is 4.70. The second-order valence-electron chi connectivity index (χ2n) is 8.42. The number of hydrogen-bond acceptors (Lipinski definition) is 7. The predicted molar refractivity (Wildman–Crippen MR) is 121 cm³/mol. The van der Waals surface area contributed by atoms with Gasteiger partial charge >= 0.3 is 6.09 Å². The fraction of sp³-hybridized carbons (Fsp3) is 0.750. The van der Waals surface area contributed by atoms with Gasteiger partial charge in [0, 0.05) is 23.7 Å². The van der Waals surface area contributed by atoms with Gasteiger partial charge in [-0.1, -0.05) is 6.42 Å². The Morgan fingerprint density at radius 2 is 2.17 bits per heavy atom. The van der Waals surface area contributed by atoms with E-state index in [0.717, 1.165) is 23.7 Å². The summed E-state index contributed by atoms with van der Waals surface area (Å²) < 4.78 is 5.29. The molecule has 0 saturated carbocycles. The highest BCUT2D eigenvalue weighted by molar-refractivity contribution is 7.98. The molecule has 1 aliphatic rings. The van der Waals surface area contributed by atoms with Crippen molar-refractivity contribution in [1.82, 2.24) is 15.2 Å². The van der Waals surface area contributed by atoms with E-state index in [0.29, 0.717) is 17.6 Å². The van der Waals surface area contributed by atoms with E-state index in [2.05, 4.69) is 27.4 Å². The maximum atomic E-state index is 12.7. The van der Waals surface area contributed by atoms with Crippen LogP contribution in [0.3, 0.4) is 0 Å². The van der Waals surface area contributed by atoms with E-state index < -0.39 is 17.7 Å². The minimum absolute atomic E-state index is 0.267. The van der Waals surface area contributed by atoms with Crippen LogP contribution in [0, 0.1) is 0 Å². The average molecular weight is 443 g/mol. The molecule has 2 atom stereocenters. The van der Waals surface area contributed by atoms with Crippen molar-refractivity contribution in [1.29, 1.82) is 0 Å². The number of nitrogens with one attached hydrogen (secondary N) is 2. The van der Waals surface area contributed by atoms with Crippen molar-refractivity contribution in [2.75, 3.05) is 23.9 Å². The molecule has 1 aromatic heterocycles. The van der Waals surface area contributed by atoms with Gasteiger partial charge in [-0.15, -0.1) is 11.3 Å². The Labute approximate surface area is 182 Å². The first kappa shape index (κ1) is 24.0. The van der Waals surface area contributed by atoms with E-state index >= 15 is 0 Å². The number of likely N-dealkylation sites (tertiary alicyclic amines) is 1. The van der Waals surface area contributed by atoms with Crippen molar-refractivity contribution in [3.63, 3.8) is 0 Å². The number of piperidine rings is 1. The molecule has 2 amide bonds. The molecule has 1 aromatic rings. The molecule has 1 saturated heterocycles. The Bertz CT molecular complexity index is 675. The molecule has 29 heavy (non-hydrogen) atoms. The number of thioether (sulfide) groups is 1. The summed E-state index contributed by atoms with van der Waals surface area (Å²) in [6.45, 7) is 9.62. The van der Waals surface area contributed by atoms with E-state index in [1.54, 1.807) is 32.5 Å². The Morgan fingerprint density at radius 1 is 1.41 bits per heavy atom. The minimum Gasteiger partial charge on any atom is -0.444 e. The topological polar surface area (TPSA) is 83.6 Å². The SMILES string of the molecule is CSCCC(NC(=O)OC(C)(C)C)C(=O)Nc1ncc(CN2CCCCC2C)s1. The number of amides is 2. The third kappa shape index (κ3) is 8.52. The highest BCUT2D eigenvalue weighted by atomic mass is 32.2. The number of thiazole rings is 1. The van der Waals surface area contributed by atoms with Crippen molar-refractivity contribution < 1.29 is 14.3 Å². The van der Waals surface area contributed by atoms with Crippen LogP contribution in [0.5, 0.6) is 0 Å². The molecule has 0 spiro atoms. The van der Waals surface area contributed by atoms with Crippen molar-refractivity contribution >= 4 is 40.2 Å². The first-order valence-corrected chi connectivity index (χ1v) is 12.4. The molecule has 1 fully saturated rings. The summed E-state index contributed by atoms with van der Waals surface area (Å²) in [5, 5.41) is 6.11. The Morgan fingerprint density at radius 3 is 2.83 bits per heavy atom. The summed E-state index contributed by atoms with van der Waals surface area (Å²) >= 11 is 3.12. The fourth-order valence-corrected chi connectivity index (χ4v) is 4.49. The molecule has 2 heterocycles. The second-order valence-corrected chi connectivity index (χ2v) is 10.5. The highest BCUT2D eigenvalue weighted by Crippen LogP contribution is 2.24. The van der Waals surface area contributed by atoms with Crippen LogP contribution in [0.15, 0.2) is 6.20 Å². The maximum absolute atomic E-state index is 12.7. The zero-order valence-corrected chi connectivity index (χ0v) is 19.8. The summed E-state index contributed by atoms with van der Waals surface area (Å²) in [6, 6.07) is -0.0791. The van der Waals surface area contributed by atoms with Gasteiger partial charge in [0.15, 0.2) is 5.13 Å². The summed E-state index contributed by atoms with van der Waals surface area (Å²) in [5.74, 6) is 0.487. The summed E-state index contributed by atoms with van der Waals surface area (Å²) in [6.07, 6.45) is 7.50. The third-order valence-corrected chi connectivity index (χ3v) is 6.24. The van der Waals surface area contributed by atoms with Crippen LogP contribution in [0.25, 0.3) is 0 Å². The van der Waals surface area contributed by atoms with Gasteiger partial charge in [-0.25, -0.2) is 9.78 Å². The normalized spacial score (nSPS) is 18.9. The van der Waals surface area contributed by atoms with Crippen molar-refractivity contribution in [2.45, 2.75) is 77.6 Å². The molecule has 0 radical (unpaired) electrons. The molecule has 164 valence electrons. The number of aromatic nitrogens is 1. The summed E-state index contributed by atoms with van der Waals surface area (Å²) in [5.41, 5.74) is -0.611. The molecular formula is C20H34N4O3S2. The molecule has 7 nitrogen and oxygen atoms in total. The minimum atomic E-state index is -0.660. The predicted octanol–water partition coefficient (Wildman–Crippen LogP) is 4.10. The fourth-order valence-electron chi connectivity index (χ4n) is 3.18. The van der Waals surface area contributed by atoms with E-state index in [1.165, 1.54) is 30.6 Å². The van der Waals surface area contributed by atoms with E-state index in [4.69, 9.17) is 4.74 Å². The second kappa shape index (κ2) is 11.2. The quantitative estimate of drug-likeness (QED) is 0.631. The lowest BCUT2D eigenvalue weighted by Gasteiger charge is -2.32. The van der Waals surface area contributed by atoms with Gasteiger partial charge in [0.25, 0.3) is 0 Å². The Hall–Kier alpha value is -1.32. The van der Waals surface area contributed by atoms with Crippen LogP contribution in [-0.2, 0) is 16.1 Å². The lowest BCUT2D eigenvalue weighted by molar-refractivity contribution is -0.118. The monoisotopic (exact) mass is 442 g/mol. The zero-order chi connectivity index (χ0) is 21.4. The van der Waals surface area contributed by atoms with E-state index in [1.807, 2.05) is 12.5 Å². The van der Waals surface area contributed by atoms with Crippen LogP contribution in [0.2, 0.25) is 0 Å².